The minimum atomic E-state index is 0.264. The number of nitrogens with one attached hydrogen (secondary N) is 1. The minimum Gasteiger partial charge on any atom is -0.368 e. The number of nitrogens with two attached hydrogens (primary N) is 1. The fourth-order valence-electron chi connectivity index (χ4n) is 1.27. The molecule has 16 heavy (non-hydrogen) atoms. The summed E-state index contributed by atoms with van der Waals surface area (Å²) in [6, 6.07) is 7.83. The maximum absolute atomic E-state index is 5.55. The van der Waals surface area contributed by atoms with Gasteiger partial charge in [0, 0.05) is 16.2 Å². The number of nitrogens with zero attached hydrogens (tertiary/aromatic N) is 2. The smallest absolute Gasteiger partial charge is 0.221 e. The Morgan fingerprint density at radius 3 is 2.81 bits per heavy atom. The van der Waals surface area contributed by atoms with Crippen molar-refractivity contribution in [3.8, 4) is 0 Å². The van der Waals surface area contributed by atoms with E-state index in [-0.39, 0.29) is 5.95 Å². The van der Waals surface area contributed by atoms with E-state index in [4.69, 9.17) is 5.73 Å². The van der Waals surface area contributed by atoms with Crippen molar-refractivity contribution in [3.63, 3.8) is 0 Å². The minimum absolute atomic E-state index is 0.264. The van der Waals surface area contributed by atoms with Crippen molar-refractivity contribution >= 4 is 33.4 Å². The molecule has 0 unspecified atom stereocenters. The zero-order valence-corrected chi connectivity index (χ0v) is 10.3. The number of para-hydroxylation sites is 1. The van der Waals surface area contributed by atoms with Gasteiger partial charge in [-0.3, -0.25) is 0 Å². The second kappa shape index (κ2) is 4.49. The molecule has 5 heteroatoms. The third-order valence-electron chi connectivity index (χ3n) is 2.12. The van der Waals surface area contributed by atoms with Crippen LogP contribution in [0.2, 0.25) is 0 Å². The zero-order chi connectivity index (χ0) is 11.5. The maximum Gasteiger partial charge on any atom is 0.221 e. The Balaban J connectivity index is 2.34. The molecule has 3 N–H and O–H groups in total. The Bertz CT molecular complexity index is 513. The molecule has 0 atom stereocenters. The van der Waals surface area contributed by atoms with E-state index < -0.39 is 0 Å². The predicted molar refractivity (Wildman–Crippen MR) is 68.6 cm³/mol. The number of nitrogen functional groups attached to an aromatic ring is 1. The SMILES string of the molecule is Cc1cnc(N)nc1Nc1ccccc1Br. The molecule has 0 bridgehead atoms. The van der Waals surface area contributed by atoms with Crippen LogP contribution in [0, 0.1) is 6.92 Å². The summed E-state index contributed by atoms with van der Waals surface area (Å²) in [4.78, 5) is 8.06. The third-order valence-corrected chi connectivity index (χ3v) is 2.81. The van der Waals surface area contributed by atoms with E-state index in [1.807, 2.05) is 31.2 Å². The molecule has 4 nitrogen and oxygen atoms in total. The summed E-state index contributed by atoms with van der Waals surface area (Å²) in [6.45, 7) is 1.93. The Kier molecular flexibility index (Phi) is 3.05. The fourth-order valence-corrected chi connectivity index (χ4v) is 1.66. The Morgan fingerprint density at radius 1 is 1.31 bits per heavy atom. The van der Waals surface area contributed by atoms with E-state index in [1.165, 1.54) is 0 Å². The van der Waals surface area contributed by atoms with Crippen LogP contribution in [0.4, 0.5) is 17.5 Å². The molecule has 0 fully saturated rings. The summed E-state index contributed by atoms with van der Waals surface area (Å²) in [5.74, 6) is 0.986. The first-order chi connectivity index (χ1) is 7.66. The summed E-state index contributed by atoms with van der Waals surface area (Å²) >= 11 is 3.46. The molecule has 0 spiro atoms. The molecule has 0 aliphatic rings. The zero-order valence-electron chi connectivity index (χ0n) is 8.74. The van der Waals surface area contributed by atoms with E-state index >= 15 is 0 Å². The Hall–Kier alpha value is -1.62. The van der Waals surface area contributed by atoms with E-state index in [0.29, 0.717) is 0 Å². The number of rotatable bonds is 2. The highest BCUT2D eigenvalue weighted by Crippen LogP contribution is 2.25. The summed E-state index contributed by atoms with van der Waals surface area (Å²) in [5.41, 5.74) is 7.44. The maximum atomic E-state index is 5.55. The highest BCUT2D eigenvalue weighted by atomic mass is 79.9. The number of aromatic nitrogens is 2. The van der Waals surface area contributed by atoms with Crippen LogP contribution in [-0.4, -0.2) is 9.97 Å². The number of anilines is 3. The van der Waals surface area contributed by atoms with Gasteiger partial charge in [-0.1, -0.05) is 12.1 Å². The van der Waals surface area contributed by atoms with Crippen LogP contribution < -0.4 is 11.1 Å². The molecule has 0 aliphatic heterocycles. The summed E-state index contributed by atoms with van der Waals surface area (Å²) in [7, 11) is 0. The Morgan fingerprint density at radius 2 is 2.06 bits per heavy atom. The van der Waals surface area contributed by atoms with Gasteiger partial charge in [0.15, 0.2) is 0 Å². The van der Waals surface area contributed by atoms with Gasteiger partial charge in [-0.25, -0.2) is 4.98 Å². The normalized spacial score (nSPS) is 10.1. The number of hydrogen-bond acceptors (Lipinski definition) is 4. The molecule has 2 rings (SSSR count). The van der Waals surface area contributed by atoms with Crippen LogP contribution >= 0.6 is 15.9 Å². The summed E-state index contributed by atoms with van der Waals surface area (Å²) < 4.78 is 0.978. The standard InChI is InChI=1S/C11H11BrN4/c1-7-6-14-11(13)16-10(7)15-9-5-3-2-4-8(9)12/h2-6H,1H3,(H3,13,14,15,16). The fraction of sp³-hybridized carbons (Fsp3) is 0.0909. The number of hydrogen-bond donors (Lipinski definition) is 2. The Labute approximate surface area is 102 Å². The van der Waals surface area contributed by atoms with Gasteiger partial charge in [0.1, 0.15) is 5.82 Å². The molecule has 0 radical (unpaired) electrons. The topological polar surface area (TPSA) is 63.8 Å². The predicted octanol–water partition coefficient (Wildman–Crippen LogP) is 2.87. The molecule has 0 saturated heterocycles. The molecule has 0 saturated carbocycles. The molecule has 1 heterocycles. The average molecular weight is 279 g/mol. The molecular weight excluding hydrogens is 268 g/mol. The van der Waals surface area contributed by atoms with Gasteiger partial charge in [0.25, 0.3) is 0 Å². The molecule has 2 aromatic rings. The van der Waals surface area contributed by atoms with Crippen molar-refractivity contribution in [1.29, 1.82) is 0 Å². The quantitative estimate of drug-likeness (QED) is 0.887. The van der Waals surface area contributed by atoms with Gasteiger partial charge in [-0.15, -0.1) is 0 Å². The molecular formula is C11H11BrN4. The van der Waals surface area contributed by atoms with E-state index in [9.17, 15) is 0 Å². The van der Waals surface area contributed by atoms with Crippen LogP contribution in [0.1, 0.15) is 5.56 Å². The van der Waals surface area contributed by atoms with Gasteiger partial charge >= 0.3 is 0 Å². The van der Waals surface area contributed by atoms with Crippen molar-refractivity contribution in [2.45, 2.75) is 6.92 Å². The second-order valence-electron chi connectivity index (χ2n) is 3.36. The molecule has 1 aromatic carbocycles. The van der Waals surface area contributed by atoms with Crippen LogP contribution in [0.25, 0.3) is 0 Å². The molecule has 82 valence electrons. The highest BCUT2D eigenvalue weighted by molar-refractivity contribution is 9.10. The van der Waals surface area contributed by atoms with Gasteiger partial charge in [0.05, 0.1) is 5.69 Å². The summed E-state index contributed by atoms with van der Waals surface area (Å²) in [6.07, 6.45) is 1.70. The monoisotopic (exact) mass is 278 g/mol. The lowest BCUT2D eigenvalue weighted by Gasteiger charge is -2.09. The van der Waals surface area contributed by atoms with Gasteiger partial charge in [0.2, 0.25) is 5.95 Å². The lowest BCUT2D eigenvalue weighted by atomic mass is 10.3. The van der Waals surface area contributed by atoms with Crippen molar-refractivity contribution in [2.24, 2.45) is 0 Å². The second-order valence-corrected chi connectivity index (χ2v) is 4.22. The lowest BCUT2D eigenvalue weighted by molar-refractivity contribution is 1.15. The highest BCUT2D eigenvalue weighted by Gasteiger charge is 2.04. The van der Waals surface area contributed by atoms with E-state index in [1.54, 1.807) is 6.20 Å². The number of benzene rings is 1. The van der Waals surface area contributed by atoms with Crippen LogP contribution in [0.3, 0.4) is 0 Å². The molecule has 1 aromatic heterocycles. The molecule has 0 aliphatic carbocycles. The first-order valence-corrected chi connectivity index (χ1v) is 5.57. The third kappa shape index (κ3) is 2.30. The summed E-state index contributed by atoms with van der Waals surface area (Å²) in [5, 5.41) is 3.20. The first-order valence-electron chi connectivity index (χ1n) is 4.77. The first kappa shape index (κ1) is 10.9. The van der Waals surface area contributed by atoms with Gasteiger partial charge in [-0.2, -0.15) is 4.98 Å². The molecule has 0 amide bonds. The van der Waals surface area contributed by atoms with Crippen LogP contribution in [0.5, 0.6) is 0 Å². The van der Waals surface area contributed by atoms with Crippen LogP contribution in [0.15, 0.2) is 34.9 Å². The number of halogens is 1. The van der Waals surface area contributed by atoms with Crippen LogP contribution in [-0.2, 0) is 0 Å². The average Bonchev–Trinajstić information content (AvgIpc) is 2.27. The van der Waals surface area contributed by atoms with E-state index in [0.717, 1.165) is 21.5 Å². The number of aryl methyl sites for hydroxylation is 1. The van der Waals surface area contributed by atoms with Crippen molar-refractivity contribution in [1.82, 2.24) is 9.97 Å². The van der Waals surface area contributed by atoms with Crippen molar-refractivity contribution in [2.75, 3.05) is 11.1 Å². The van der Waals surface area contributed by atoms with Gasteiger partial charge in [-0.05, 0) is 35.0 Å². The van der Waals surface area contributed by atoms with E-state index in [2.05, 4.69) is 31.2 Å². The largest absolute Gasteiger partial charge is 0.368 e. The van der Waals surface area contributed by atoms with Crippen molar-refractivity contribution < 1.29 is 0 Å². The van der Waals surface area contributed by atoms with Crippen molar-refractivity contribution in [3.05, 3.63) is 40.5 Å². The lowest BCUT2D eigenvalue weighted by Crippen LogP contribution is -2.02. The van der Waals surface area contributed by atoms with Gasteiger partial charge < -0.3 is 11.1 Å².